The number of para-hydroxylation sites is 1. The third kappa shape index (κ3) is 2.97. The minimum Gasteiger partial charge on any atom is -0.324 e. The number of nitrogens with zero attached hydrogens (tertiary/aromatic N) is 1. The number of nitrogens with one attached hydrogen (secondary N) is 1. The Bertz CT molecular complexity index is 899. The molecule has 6 heteroatoms. The third-order valence-electron chi connectivity index (χ3n) is 5.10. The van der Waals surface area contributed by atoms with Crippen LogP contribution in [-0.4, -0.2) is 17.9 Å². The molecule has 3 unspecified atom stereocenters. The van der Waals surface area contributed by atoms with E-state index in [2.05, 4.69) is 11.4 Å². The summed E-state index contributed by atoms with van der Waals surface area (Å²) in [7, 11) is 0. The van der Waals surface area contributed by atoms with Gasteiger partial charge in [0.05, 0.1) is 27.6 Å². The monoisotopic (exact) mass is 388 g/mol. The highest BCUT2D eigenvalue weighted by atomic mass is 35.5. The number of hydrogen-bond donors (Lipinski definition) is 1. The number of anilines is 2. The lowest BCUT2D eigenvalue weighted by Crippen LogP contribution is -2.37. The average molecular weight is 389 g/mol. The SMILES string of the molecule is CC1Cc2ccccc2N1C(=O)C1CC1C(=O)Nc1cccc(Cl)c1Cl. The molecular weight excluding hydrogens is 371 g/mol. The van der Waals surface area contributed by atoms with Crippen LogP contribution in [-0.2, 0) is 16.0 Å². The van der Waals surface area contributed by atoms with Gasteiger partial charge in [0.25, 0.3) is 0 Å². The van der Waals surface area contributed by atoms with Crippen molar-refractivity contribution in [2.45, 2.75) is 25.8 Å². The van der Waals surface area contributed by atoms with Crippen molar-refractivity contribution in [1.29, 1.82) is 0 Å². The van der Waals surface area contributed by atoms with E-state index in [9.17, 15) is 9.59 Å². The highest BCUT2D eigenvalue weighted by Crippen LogP contribution is 2.44. The van der Waals surface area contributed by atoms with Crippen LogP contribution in [0.4, 0.5) is 11.4 Å². The quantitative estimate of drug-likeness (QED) is 0.838. The second-order valence-electron chi connectivity index (χ2n) is 6.93. The van der Waals surface area contributed by atoms with Crippen molar-refractivity contribution in [3.63, 3.8) is 0 Å². The van der Waals surface area contributed by atoms with E-state index in [0.29, 0.717) is 22.2 Å². The molecule has 0 aromatic heterocycles. The maximum absolute atomic E-state index is 13.0. The summed E-state index contributed by atoms with van der Waals surface area (Å²) in [5.41, 5.74) is 2.62. The molecule has 4 nitrogen and oxygen atoms in total. The van der Waals surface area contributed by atoms with Crippen LogP contribution < -0.4 is 10.2 Å². The van der Waals surface area contributed by atoms with Crippen molar-refractivity contribution in [3.8, 4) is 0 Å². The fraction of sp³-hybridized carbons (Fsp3) is 0.300. The van der Waals surface area contributed by atoms with Crippen LogP contribution in [0.5, 0.6) is 0 Å². The Hall–Kier alpha value is -2.04. The second kappa shape index (κ2) is 6.60. The molecule has 1 heterocycles. The number of carbonyl (C=O) groups is 2. The van der Waals surface area contributed by atoms with Crippen molar-refractivity contribution in [2.75, 3.05) is 10.2 Å². The van der Waals surface area contributed by atoms with Crippen LogP contribution in [0.15, 0.2) is 42.5 Å². The molecule has 3 atom stereocenters. The number of carbonyl (C=O) groups excluding carboxylic acids is 2. The van der Waals surface area contributed by atoms with E-state index in [1.807, 2.05) is 30.0 Å². The van der Waals surface area contributed by atoms with E-state index < -0.39 is 0 Å². The van der Waals surface area contributed by atoms with Crippen molar-refractivity contribution in [2.24, 2.45) is 11.8 Å². The van der Waals surface area contributed by atoms with Crippen molar-refractivity contribution >= 4 is 46.4 Å². The van der Waals surface area contributed by atoms with Gasteiger partial charge in [0.15, 0.2) is 0 Å². The van der Waals surface area contributed by atoms with Gasteiger partial charge in [-0.2, -0.15) is 0 Å². The molecule has 2 amide bonds. The number of benzene rings is 2. The Balaban J connectivity index is 1.46. The normalized spacial score (nSPS) is 23.5. The molecular formula is C20H18Cl2N2O2. The van der Waals surface area contributed by atoms with Gasteiger partial charge >= 0.3 is 0 Å². The Kier molecular flexibility index (Phi) is 4.41. The van der Waals surface area contributed by atoms with Gasteiger partial charge in [-0.15, -0.1) is 0 Å². The van der Waals surface area contributed by atoms with Crippen molar-refractivity contribution in [3.05, 3.63) is 58.1 Å². The molecule has 1 N–H and O–H groups in total. The minimum atomic E-state index is -0.322. The van der Waals surface area contributed by atoms with Crippen molar-refractivity contribution < 1.29 is 9.59 Å². The highest BCUT2D eigenvalue weighted by Gasteiger charge is 2.51. The summed E-state index contributed by atoms with van der Waals surface area (Å²) in [4.78, 5) is 27.3. The fourth-order valence-corrected chi connectivity index (χ4v) is 4.01. The van der Waals surface area contributed by atoms with Gasteiger partial charge in [0.2, 0.25) is 11.8 Å². The number of amides is 2. The topological polar surface area (TPSA) is 49.4 Å². The van der Waals surface area contributed by atoms with Gasteiger partial charge in [-0.1, -0.05) is 47.5 Å². The number of halogens is 2. The van der Waals surface area contributed by atoms with Crippen LogP contribution in [0.25, 0.3) is 0 Å². The molecule has 2 aromatic carbocycles. The van der Waals surface area contributed by atoms with E-state index in [4.69, 9.17) is 23.2 Å². The largest absolute Gasteiger partial charge is 0.324 e. The lowest BCUT2D eigenvalue weighted by molar-refractivity contribution is -0.123. The zero-order valence-electron chi connectivity index (χ0n) is 14.2. The third-order valence-corrected chi connectivity index (χ3v) is 5.92. The molecule has 0 bridgehead atoms. The van der Waals surface area contributed by atoms with Crippen molar-refractivity contribution in [1.82, 2.24) is 0 Å². The maximum atomic E-state index is 13.0. The van der Waals surface area contributed by atoms with E-state index in [0.717, 1.165) is 12.1 Å². The fourth-order valence-electron chi connectivity index (χ4n) is 3.66. The molecule has 1 aliphatic heterocycles. The van der Waals surface area contributed by atoms with Crippen LogP contribution in [0.3, 0.4) is 0 Å². The summed E-state index contributed by atoms with van der Waals surface area (Å²) < 4.78 is 0. The number of hydrogen-bond acceptors (Lipinski definition) is 2. The van der Waals surface area contributed by atoms with Crippen LogP contribution in [0.2, 0.25) is 10.0 Å². The molecule has 26 heavy (non-hydrogen) atoms. The Morgan fingerprint density at radius 1 is 1.08 bits per heavy atom. The lowest BCUT2D eigenvalue weighted by Gasteiger charge is -2.23. The smallest absolute Gasteiger partial charge is 0.231 e. The van der Waals surface area contributed by atoms with Crippen LogP contribution in [0.1, 0.15) is 18.9 Å². The molecule has 4 rings (SSSR count). The molecule has 0 radical (unpaired) electrons. The predicted octanol–water partition coefficient (Wildman–Crippen LogP) is 4.55. The van der Waals surface area contributed by atoms with Crippen LogP contribution >= 0.6 is 23.2 Å². The average Bonchev–Trinajstić information content (AvgIpc) is 3.35. The summed E-state index contributed by atoms with van der Waals surface area (Å²) in [6.07, 6.45) is 1.41. The minimum absolute atomic E-state index is 0.0276. The molecule has 2 aromatic rings. The van der Waals surface area contributed by atoms with Gasteiger partial charge in [-0.25, -0.2) is 0 Å². The Morgan fingerprint density at radius 2 is 1.85 bits per heavy atom. The lowest BCUT2D eigenvalue weighted by atomic mass is 10.1. The standard InChI is InChI=1S/C20H18Cl2N2O2/c1-11-9-12-5-2-3-8-17(12)24(11)20(26)14-10-13(14)19(25)23-16-7-4-6-15(21)18(16)22/h2-8,11,13-14H,9-10H2,1H3,(H,23,25). The van der Waals surface area contributed by atoms with E-state index in [1.54, 1.807) is 18.2 Å². The molecule has 1 saturated carbocycles. The molecule has 1 aliphatic carbocycles. The number of fused-ring (bicyclic) bond motifs is 1. The molecule has 2 aliphatic rings. The van der Waals surface area contributed by atoms with E-state index in [1.165, 1.54) is 5.56 Å². The molecule has 0 saturated heterocycles. The highest BCUT2D eigenvalue weighted by molar-refractivity contribution is 6.44. The Labute approximate surface area is 162 Å². The van der Waals surface area contributed by atoms with Gasteiger partial charge in [0, 0.05) is 11.7 Å². The first-order chi connectivity index (χ1) is 12.5. The van der Waals surface area contributed by atoms with Gasteiger partial charge < -0.3 is 10.2 Å². The number of rotatable bonds is 3. The first-order valence-electron chi connectivity index (χ1n) is 8.63. The van der Waals surface area contributed by atoms with E-state index >= 15 is 0 Å². The zero-order valence-corrected chi connectivity index (χ0v) is 15.7. The summed E-state index contributed by atoms with van der Waals surface area (Å²) in [6, 6.07) is 13.2. The summed E-state index contributed by atoms with van der Waals surface area (Å²) >= 11 is 12.1. The van der Waals surface area contributed by atoms with Gasteiger partial charge in [-0.3, -0.25) is 9.59 Å². The Morgan fingerprint density at radius 3 is 2.65 bits per heavy atom. The first kappa shape index (κ1) is 17.4. The van der Waals surface area contributed by atoms with Gasteiger partial charge in [-0.05, 0) is 43.5 Å². The summed E-state index contributed by atoms with van der Waals surface area (Å²) in [5, 5.41) is 3.49. The van der Waals surface area contributed by atoms with E-state index in [-0.39, 0.29) is 29.7 Å². The molecule has 134 valence electrons. The maximum Gasteiger partial charge on any atom is 0.231 e. The molecule has 1 fully saturated rings. The van der Waals surface area contributed by atoms with Crippen LogP contribution in [0, 0.1) is 11.8 Å². The first-order valence-corrected chi connectivity index (χ1v) is 9.39. The second-order valence-corrected chi connectivity index (χ2v) is 7.71. The summed E-state index contributed by atoms with van der Waals surface area (Å²) in [6.45, 7) is 2.04. The summed E-state index contributed by atoms with van der Waals surface area (Å²) in [5.74, 6) is -0.758. The zero-order chi connectivity index (χ0) is 18.4. The predicted molar refractivity (Wildman–Crippen MR) is 104 cm³/mol. The molecule has 0 spiro atoms. The van der Waals surface area contributed by atoms with Gasteiger partial charge in [0.1, 0.15) is 0 Å².